The molecule has 4 aliphatic rings. The molecule has 7 heteroatoms. The second-order valence-corrected chi connectivity index (χ2v) is 13.7. The highest BCUT2D eigenvalue weighted by Gasteiger charge is 2.63. The quantitative estimate of drug-likeness (QED) is 0.510. The minimum atomic E-state index is -0.561. The monoisotopic (exact) mass is 525 g/mol. The number of hydrogen-bond acceptors (Lipinski definition) is 5. The summed E-state index contributed by atoms with van der Waals surface area (Å²) in [7, 11) is 0. The van der Waals surface area contributed by atoms with E-state index in [1.165, 1.54) is 11.2 Å². The molecule has 0 unspecified atom stereocenters. The Kier molecular flexibility index (Phi) is 6.50. The molecule has 6 nitrogen and oxygen atoms in total. The highest BCUT2D eigenvalue weighted by molar-refractivity contribution is 5.82. The van der Waals surface area contributed by atoms with Crippen molar-refractivity contribution in [2.45, 2.75) is 97.6 Å². The van der Waals surface area contributed by atoms with Crippen molar-refractivity contribution in [2.24, 2.45) is 40.4 Å². The fourth-order valence-electron chi connectivity index (χ4n) is 9.75. The highest BCUT2D eigenvalue weighted by atomic mass is 19.1. The number of halogens is 1. The van der Waals surface area contributed by atoms with Crippen molar-refractivity contribution in [1.82, 2.24) is 15.0 Å². The molecule has 1 heterocycles. The van der Waals surface area contributed by atoms with Crippen molar-refractivity contribution in [3.63, 3.8) is 0 Å². The van der Waals surface area contributed by atoms with Crippen LogP contribution >= 0.6 is 0 Å². The number of aliphatic hydroxyl groups is 1. The molecule has 1 aromatic carbocycles. The van der Waals surface area contributed by atoms with Gasteiger partial charge in [0.15, 0.2) is 11.6 Å². The van der Waals surface area contributed by atoms with E-state index < -0.39 is 5.60 Å². The molecular weight excluding hydrogens is 481 g/mol. The van der Waals surface area contributed by atoms with Crippen LogP contribution in [0.5, 0.6) is 0 Å². The molecule has 4 aliphatic carbocycles. The van der Waals surface area contributed by atoms with E-state index in [9.17, 15) is 14.3 Å². The zero-order valence-electron chi connectivity index (χ0n) is 23.5. The van der Waals surface area contributed by atoms with E-state index in [4.69, 9.17) is 4.74 Å². The summed E-state index contributed by atoms with van der Waals surface area (Å²) >= 11 is 0. The first kappa shape index (κ1) is 26.4. The van der Waals surface area contributed by atoms with Gasteiger partial charge in [-0.15, -0.1) is 5.10 Å². The summed E-state index contributed by atoms with van der Waals surface area (Å²) in [6, 6.07) is 3.48. The number of hydrogen-bond donors (Lipinski definition) is 1. The Morgan fingerprint density at radius 2 is 1.92 bits per heavy atom. The van der Waals surface area contributed by atoms with E-state index in [1.807, 2.05) is 6.92 Å². The molecule has 38 heavy (non-hydrogen) atoms. The van der Waals surface area contributed by atoms with Gasteiger partial charge in [-0.1, -0.05) is 13.0 Å². The van der Waals surface area contributed by atoms with Crippen LogP contribution in [-0.2, 0) is 16.1 Å². The third-order valence-corrected chi connectivity index (χ3v) is 11.6. The van der Waals surface area contributed by atoms with Crippen LogP contribution < -0.4 is 0 Å². The Morgan fingerprint density at radius 3 is 2.71 bits per heavy atom. The summed E-state index contributed by atoms with van der Waals surface area (Å²) in [5.74, 6) is 2.13. The molecule has 0 radical (unpaired) electrons. The maximum absolute atomic E-state index is 14.5. The molecule has 1 aromatic heterocycles. The predicted octanol–water partition coefficient (Wildman–Crippen LogP) is 5.87. The SMILES string of the molecule is CCOC[C@]12CC[C@@](C)(O)C[C@@H]1CC[C@H]1[C@@H]3CC[C@H](C(=O)Cn4nc5ccc(C)c(F)c5n4)[C@@]3(C)CC[C@@H]12. The second kappa shape index (κ2) is 9.36. The van der Waals surface area contributed by atoms with Crippen LogP contribution in [0.1, 0.15) is 84.1 Å². The summed E-state index contributed by atoms with van der Waals surface area (Å²) in [5, 5.41) is 19.7. The van der Waals surface area contributed by atoms with Crippen molar-refractivity contribution in [3.8, 4) is 0 Å². The lowest BCUT2D eigenvalue weighted by molar-refractivity contribution is -0.178. The largest absolute Gasteiger partial charge is 0.390 e. The Morgan fingerprint density at radius 1 is 1.11 bits per heavy atom. The Hall–Kier alpha value is -1.86. The molecule has 2 aromatic rings. The summed E-state index contributed by atoms with van der Waals surface area (Å²) in [6.07, 6.45) is 9.38. The number of benzene rings is 1. The fourth-order valence-corrected chi connectivity index (χ4v) is 9.75. The predicted molar refractivity (Wildman–Crippen MR) is 144 cm³/mol. The first-order chi connectivity index (χ1) is 18.1. The fraction of sp³-hybridized carbons (Fsp3) is 0.774. The zero-order chi connectivity index (χ0) is 26.9. The maximum atomic E-state index is 14.5. The molecule has 4 fully saturated rings. The molecule has 8 atom stereocenters. The molecule has 0 saturated heterocycles. The minimum Gasteiger partial charge on any atom is -0.390 e. The number of aryl methyl sites for hydroxylation is 1. The van der Waals surface area contributed by atoms with Crippen molar-refractivity contribution in [1.29, 1.82) is 0 Å². The van der Waals surface area contributed by atoms with Gasteiger partial charge in [0, 0.05) is 12.5 Å². The molecule has 0 aliphatic heterocycles. The van der Waals surface area contributed by atoms with Gasteiger partial charge in [-0.25, -0.2) is 4.39 Å². The third kappa shape index (κ3) is 4.06. The van der Waals surface area contributed by atoms with Crippen molar-refractivity contribution >= 4 is 16.8 Å². The number of Topliss-reactive ketones (excluding diaryl/α,β-unsaturated/α-hetero) is 1. The molecule has 0 bridgehead atoms. The minimum absolute atomic E-state index is 0.00167. The van der Waals surface area contributed by atoms with Gasteiger partial charge in [0.05, 0.1) is 12.2 Å². The van der Waals surface area contributed by atoms with Gasteiger partial charge in [-0.3, -0.25) is 4.79 Å². The van der Waals surface area contributed by atoms with E-state index >= 15 is 0 Å². The van der Waals surface area contributed by atoms with Crippen LogP contribution in [-0.4, -0.2) is 44.7 Å². The Balaban J connectivity index is 1.22. The molecule has 0 spiro atoms. The normalized spacial score (nSPS) is 40.5. The van der Waals surface area contributed by atoms with Gasteiger partial charge in [-0.05, 0) is 125 Å². The van der Waals surface area contributed by atoms with Gasteiger partial charge >= 0.3 is 0 Å². The van der Waals surface area contributed by atoms with Crippen molar-refractivity contribution in [3.05, 3.63) is 23.5 Å². The number of carbonyl (C=O) groups excluding carboxylic acids is 1. The van der Waals surface area contributed by atoms with Crippen LogP contribution in [0.2, 0.25) is 0 Å². The lowest BCUT2D eigenvalue weighted by atomic mass is 9.43. The Labute approximate surface area is 225 Å². The first-order valence-electron chi connectivity index (χ1n) is 14.9. The molecule has 6 rings (SSSR count). The summed E-state index contributed by atoms with van der Waals surface area (Å²) < 4.78 is 20.7. The standard InChI is InChI=1S/C31H44FN3O3/c1-5-38-18-31-15-14-29(3,37)16-20(31)7-8-21-22-9-10-24(30(22,4)13-12-23(21)31)26(36)17-35-33-25-11-6-19(2)27(32)28(25)34-35/h6,11,20-24,37H,5,7-10,12-18H2,1-4H3/t20-,21-,22-,23-,24+,29+,30-,31+/m0/s1. The highest BCUT2D eigenvalue weighted by Crippen LogP contribution is 2.68. The van der Waals surface area contributed by atoms with Gasteiger partial charge in [0.25, 0.3) is 0 Å². The number of carbonyl (C=O) groups is 1. The Bertz CT molecular complexity index is 1230. The van der Waals surface area contributed by atoms with Gasteiger partial charge in [0.1, 0.15) is 17.6 Å². The zero-order valence-corrected chi connectivity index (χ0v) is 23.5. The van der Waals surface area contributed by atoms with Crippen molar-refractivity contribution < 1.29 is 19.0 Å². The molecule has 4 saturated carbocycles. The topological polar surface area (TPSA) is 77.2 Å². The molecule has 0 amide bonds. The number of ketones is 1. The number of fused-ring (bicyclic) bond motifs is 6. The maximum Gasteiger partial charge on any atom is 0.159 e. The van der Waals surface area contributed by atoms with Crippen LogP contribution in [0, 0.1) is 53.2 Å². The van der Waals surface area contributed by atoms with Crippen LogP contribution in [0.3, 0.4) is 0 Å². The average molecular weight is 526 g/mol. The van der Waals surface area contributed by atoms with E-state index in [2.05, 4.69) is 24.0 Å². The summed E-state index contributed by atoms with van der Waals surface area (Å²) in [6.45, 7) is 9.85. The molecular formula is C31H44FN3O3. The van der Waals surface area contributed by atoms with E-state index in [0.29, 0.717) is 34.8 Å². The first-order valence-corrected chi connectivity index (χ1v) is 14.9. The van der Waals surface area contributed by atoms with Crippen molar-refractivity contribution in [2.75, 3.05) is 13.2 Å². The summed E-state index contributed by atoms with van der Waals surface area (Å²) in [4.78, 5) is 15.1. The molecule has 208 valence electrons. The average Bonchev–Trinajstić information content (AvgIpc) is 3.45. The van der Waals surface area contributed by atoms with E-state index in [-0.39, 0.29) is 40.4 Å². The lowest BCUT2D eigenvalue weighted by Crippen LogP contribution is -2.58. The number of nitrogens with zero attached hydrogens (tertiary/aromatic N) is 3. The smallest absolute Gasteiger partial charge is 0.159 e. The number of ether oxygens (including phenoxy) is 1. The van der Waals surface area contributed by atoms with Crippen LogP contribution in [0.25, 0.3) is 11.0 Å². The number of rotatable bonds is 6. The van der Waals surface area contributed by atoms with E-state index in [0.717, 1.165) is 64.6 Å². The lowest BCUT2D eigenvalue weighted by Gasteiger charge is -2.62. The number of aromatic nitrogens is 3. The third-order valence-electron chi connectivity index (χ3n) is 11.6. The van der Waals surface area contributed by atoms with Gasteiger partial charge in [-0.2, -0.15) is 9.90 Å². The summed E-state index contributed by atoms with van der Waals surface area (Å²) in [5.41, 5.74) is 0.876. The van der Waals surface area contributed by atoms with E-state index in [1.54, 1.807) is 19.1 Å². The van der Waals surface area contributed by atoms with Crippen LogP contribution in [0.15, 0.2) is 12.1 Å². The molecule has 1 N–H and O–H groups in total. The second-order valence-electron chi connectivity index (χ2n) is 13.7. The van der Waals surface area contributed by atoms with Crippen LogP contribution in [0.4, 0.5) is 4.39 Å². The van der Waals surface area contributed by atoms with Gasteiger partial charge < -0.3 is 9.84 Å². The van der Waals surface area contributed by atoms with Gasteiger partial charge in [0.2, 0.25) is 0 Å².